The smallest absolute Gasteiger partial charge is 0.340 e. The summed E-state index contributed by atoms with van der Waals surface area (Å²) in [7, 11) is 0. The highest BCUT2D eigenvalue weighted by Gasteiger charge is 2.53. The van der Waals surface area contributed by atoms with Crippen LogP contribution in [-0.2, 0) is 23.9 Å². The first-order valence-corrected chi connectivity index (χ1v) is 10.0. The number of rotatable bonds is 6. The number of hydrogen-bond donors (Lipinski definition) is 1. The Morgan fingerprint density at radius 3 is 2.79 bits per heavy atom. The maximum absolute atomic E-state index is 12.4. The molecule has 9 heteroatoms. The average Bonchev–Trinajstić information content (AvgIpc) is 3.16. The highest BCUT2D eigenvalue weighted by molar-refractivity contribution is 8.01. The molecule has 0 aliphatic carbocycles. The molecule has 3 rings (SSSR count). The van der Waals surface area contributed by atoms with E-state index >= 15 is 0 Å². The molecule has 0 aromatic heterocycles. The number of para-hydroxylation sites is 1. The van der Waals surface area contributed by atoms with E-state index < -0.39 is 30.5 Å². The number of nitrogens with one attached hydrogen (secondary N) is 1. The van der Waals surface area contributed by atoms with Crippen LogP contribution >= 0.6 is 11.8 Å². The predicted octanol–water partition coefficient (Wildman–Crippen LogP) is 1.80. The molecule has 2 aliphatic rings. The van der Waals surface area contributed by atoms with Crippen LogP contribution in [0.2, 0.25) is 0 Å². The summed E-state index contributed by atoms with van der Waals surface area (Å²) in [5, 5.41) is 2.56. The molecule has 0 spiro atoms. The summed E-state index contributed by atoms with van der Waals surface area (Å²) in [6.45, 7) is 3.34. The molecule has 150 valence electrons. The maximum Gasteiger partial charge on any atom is 0.340 e. The van der Waals surface area contributed by atoms with Crippen molar-refractivity contribution in [1.82, 2.24) is 4.90 Å². The van der Waals surface area contributed by atoms with Gasteiger partial charge in [0.15, 0.2) is 6.61 Å². The van der Waals surface area contributed by atoms with Gasteiger partial charge in [0.1, 0.15) is 6.04 Å². The minimum atomic E-state index is -0.676. The van der Waals surface area contributed by atoms with Gasteiger partial charge in [-0.05, 0) is 32.4 Å². The number of esters is 2. The molecule has 8 nitrogen and oxygen atoms in total. The lowest BCUT2D eigenvalue weighted by Gasteiger charge is -2.29. The molecular weight excluding hydrogens is 384 g/mol. The number of carbonyl (C=O) groups excluding carboxylic acids is 4. The number of amides is 2. The van der Waals surface area contributed by atoms with Crippen LogP contribution in [0.5, 0.6) is 0 Å². The minimum Gasteiger partial charge on any atom is -0.462 e. The van der Waals surface area contributed by atoms with Gasteiger partial charge >= 0.3 is 11.9 Å². The second kappa shape index (κ2) is 8.22. The van der Waals surface area contributed by atoms with Crippen LogP contribution in [0.1, 0.15) is 37.0 Å². The second-order valence-corrected chi connectivity index (χ2v) is 8.19. The third-order valence-corrected chi connectivity index (χ3v) is 6.26. The van der Waals surface area contributed by atoms with Crippen LogP contribution < -0.4 is 5.32 Å². The zero-order chi connectivity index (χ0) is 20.3. The Bertz CT molecular complexity index is 813. The highest BCUT2D eigenvalue weighted by atomic mass is 32.2. The lowest BCUT2D eigenvalue weighted by Crippen LogP contribution is -2.47. The summed E-state index contributed by atoms with van der Waals surface area (Å²) in [6.07, 6.45) is 1.11. The van der Waals surface area contributed by atoms with Crippen LogP contribution in [-0.4, -0.2) is 58.5 Å². The van der Waals surface area contributed by atoms with Gasteiger partial charge in [-0.3, -0.25) is 9.59 Å². The van der Waals surface area contributed by atoms with Gasteiger partial charge in [0.25, 0.3) is 5.91 Å². The largest absolute Gasteiger partial charge is 0.462 e. The van der Waals surface area contributed by atoms with Gasteiger partial charge in [0, 0.05) is 12.2 Å². The van der Waals surface area contributed by atoms with Gasteiger partial charge in [-0.25, -0.2) is 9.59 Å². The first kappa shape index (κ1) is 20.2. The normalized spacial score (nSPS) is 23.3. The number of ether oxygens (including phenoxy) is 2. The molecule has 0 radical (unpaired) electrons. The van der Waals surface area contributed by atoms with E-state index in [1.165, 1.54) is 6.07 Å². The van der Waals surface area contributed by atoms with Crippen molar-refractivity contribution < 1.29 is 28.7 Å². The van der Waals surface area contributed by atoms with Crippen LogP contribution in [0.3, 0.4) is 0 Å². The van der Waals surface area contributed by atoms with E-state index in [2.05, 4.69) is 5.32 Å². The summed E-state index contributed by atoms with van der Waals surface area (Å²) in [5.41, 5.74) is 0.496. The first-order chi connectivity index (χ1) is 13.4. The fourth-order valence-corrected chi connectivity index (χ4v) is 4.81. The Morgan fingerprint density at radius 1 is 1.29 bits per heavy atom. The van der Waals surface area contributed by atoms with Crippen molar-refractivity contribution >= 4 is 41.2 Å². The van der Waals surface area contributed by atoms with Crippen molar-refractivity contribution in [3.63, 3.8) is 0 Å². The van der Waals surface area contributed by atoms with E-state index in [4.69, 9.17) is 9.47 Å². The Morgan fingerprint density at radius 2 is 2.04 bits per heavy atom. The SMILES string of the molecule is CCOC(=O)c1ccccc1NC(=O)COC(=O)[C@@H]1CS[C@]2(C)CCC(=O)N12. The monoisotopic (exact) mass is 406 g/mol. The van der Waals surface area contributed by atoms with Crippen molar-refractivity contribution in [2.75, 3.05) is 24.3 Å². The van der Waals surface area contributed by atoms with Crippen LogP contribution in [0, 0.1) is 0 Å². The van der Waals surface area contributed by atoms with E-state index in [9.17, 15) is 19.2 Å². The number of thioether (sulfide) groups is 1. The Labute approximate surface area is 166 Å². The summed E-state index contributed by atoms with van der Waals surface area (Å²) in [4.78, 5) is 49.9. The van der Waals surface area contributed by atoms with Crippen molar-refractivity contribution in [3.8, 4) is 0 Å². The zero-order valence-corrected chi connectivity index (χ0v) is 16.5. The van der Waals surface area contributed by atoms with Crippen LogP contribution in [0.15, 0.2) is 24.3 Å². The van der Waals surface area contributed by atoms with Crippen molar-refractivity contribution in [3.05, 3.63) is 29.8 Å². The van der Waals surface area contributed by atoms with Crippen molar-refractivity contribution in [2.24, 2.45) is 0 Å². The summed E-state index contributed by atoms with van der Waals surface area (Å²) < 4.78 is 10.1. The number of hydrogen-bond acceptors (Lipinski definition) is 7. The van der Waals surface area contributed by atoms with E-state index in [-0.39, 0.29) is 28.6 Å². The van der Waals surface area contributed by atoms with Gasteiger partial charge in [-0.2, -0.15) is 0 Å². The minimum absolute atomic E-state index is 0.0673. The Balaban J connectivity index is 1.57. The number of fused-ring (bicyclic) bond motifs is 1. The van der Waals surface area contributed by atoms with E-state index in [0.29, 0.717) is 18.6 Å². The van der Waals surface area contributed by atoms with Crippen molar-refractivity contribution in [2.45, 2.75) is 37.6 Å². The average molecular weight is 406 g/mol. The maximum atomic E-state index is 12.4. The molecule has 0 saturated carbocycles. The van der Waals surface area contributed by atoms with Gasteiger partial charge in [-0.15, -0.1) is 11.8 Å². The standard InChI is InChI=1S/C19H22N2O6S/c1-3-26-17(24)12-6-4-5-7-13(12)20-15(22)10-27-18(25)14-11-28-19(2)9-8-16(23)21(14)19/h4-7,14H,3,8-11H2,1-2H3,(H,20,22)/t14-,19+/m0/s1. The van der Waals surface area contributed by atoms with Crippen LogP contribution in [0.25, 0.3) is 0 Å². The number of anilines is 1. The Hall–Kier alpha value is -2.55. The highest BCUT2D eigenvalue weighted by Crippen LogP contribution is 2.47. The third-order valence-electron chi connectivity index (χ3n) is 4.76. The topological polar surface area (TPSA) is 102 Å². The number of carbonyl (C=O) groups is 4. The summed E-state index contributed by atoms with van der Waals surface area (Å²) in [5.74, 6) is -1.34. The molecule has 2 amide bonds. The molecule has 1 aromatic carbocycles. The van der Waals surface area contributed by atoms with Gasteiger partial charge in [0.05, 0.1) is 22.7 Å². The number of benzene rings is 1. The fraction of sp³-hybridized carbons (Fsp3) is 0.474. The molecule has 28 heavy (non-hydrogen) atoms. The van der Waals surface area contributed by atoms with Crippen molar-refractivity contribution in [1.29, 1.82) is 0 Å². The van der Waals surface area contributed by atoms with E-state index in [1.54, 1.807) is 41.8 Å². The summed E-state index contributed by atoms with van der Waals surface area (Å²) >= 11 is 1.55. The lowest BCUT2D eigenvalue weighted by atomic mass is 10.2. The molecular formula is C19H22N2O6S. The first-order valence-electron chi connectivity index (χ1n) is 9.04. The molecule has 2 aliphatic heterocycles. The molecule has 0 bridgehead atoms. The Kier molecular flexibility index (Phi) is 5.93. The lowest BCUT2D eigenvalue weighted by molar-refractivity contribution is -0.155. The van der Waals surface area contributed by atoms with E-state index in [1.807, 2.05) is 6.92 Å². The zero-order valence-electron chi connectivity index (χ0n) is 15.7. The van der Waals surface area contributed by atoms with E-state index in [0.717, 1.165) is 0 Å². The fourth-order valence-electron chi connectivity index (χ4n) is 3.39. The molecule has 2 heterocycles. The molecule has 1 N–H and O–H groups in total. The molecule has 2 atom stereocenters. The molecule has 2 fully saturated rings. The van der Waals surface area contributed by atoms with Crippen LogP contribution in [0.4, 0.5) is 5.69 Å². The third kappa shape index (κ3) is 3.99. The predicted molar refractivity (Wildman–Crippen MR) is 103 cm³/mol. The van der Waals surface area contributed by atoms with Gasteiger partial charge in [0.2, 0.25) is 5.91 Å². The summed E-state index contributed by atoms with van der Waals surface area (Å²) in [6, 6.07) is 5.75. The second-order valence-electron chi connectivity index (χ2n) is 6.69. The van der Waals surface area contributed by atoms with Gasteiger partial charge < -0.3 is 19.7 Å². The molecule has 2 saturated heterocycles. The number of nitrogens with zero attached hydrogens (tertiary/aromatic N) is 1. The molecule has 0 unspecified atom stereocenters. The molecule has 1 aromatic rings. The quantitative estimate of drug-likeness (QED) is 0.719. The van der Waals surface area contributed by atoms with Gasteiger partial charge in [-0.1, -0.05) is 12.1 Å².